The predicted octanol–water partition coefficient (Wildman–Crippen LogP) is 3.00. The lowest BCUT2D eigenvalue weighted by Crippen LogP contribution is -2.53. The quantitative estimate of drug-likeness (QED) is 0.655. The SMILES string of the molecule is CN1C(=O)c2cc(NS(=O)(=O)c3ccc(Cl)cc3)ccc2OC[C@@H]2O[C@@H](CC(=O)O)CC[C@@H]21. The summed E-state index contributed by atoms with van der Waals surface area (Å²) >= 11 is 5.83. The van der Waals surface area contributed by atoms with Crippen LogP contribution in [0.1, 0.15) is 29.6 Å². The van der Waals surface area contributed by atoms with Crippen LogP contribution in [0, 0.1) is 0 Å². The molecule has 0 saturated carbocycles. The van der Waals surface area contributed by atoms with Crippen LogP contribution in [-0.2, 0) is 19.6 Å². The van der Waals surface area contributed by atoms with Crippen molar-refractivity contribution in [2.24, 2.45) is 0 Å². The second kappa shape index (κ2) is 9.20. The average Bonchev–Trinajstić information content (AvgIpc) is 2.76. The van der Waals surface area contributed by atoms with Gasteiger partial charge in [0, 0.05) is 17.8 Å². The second-order valence-electron chi connectivity index (χ2n) is 8.04. The Bertz CT molecular complexity index is 1170. The molecule has 0 bridgehead atoms. The summed E-state index contributed by atoms with van der Waals surface area (Å²) in [5.74, 6) is -0.982. The number of carboxylic acid groups (broad SMARTS) is 1. The van der Waals surface area contributed by atoms with Crippen LogP contribution in [0.5, 0.6) is 5.75 Å². The van der Waals surface area contributed by atoms with Crippen molar-refractivity contribution in [3.63, 3.8) is 0 Å². The molecule has 3 atom stereocenters. The molecule has 2 aliphatic heterocycles. The molecule has 0 spiro atoms. The largest absolute Gasteiger partial charge is 0.490 e. The minimum Gasteiger partial charge on any atom is -0.490 e. The highest BCUT2D eigenvalue weighted by atomic mass is 35.5. The van der Waals surface area contributed by atoms with E-state index in [1.165, 1.54) is 42.5 Å². The summed E-state index contributed by atoms with van der Waals surface area (Å²) < 4.78 is 39.6. The molecule has 0 aromatic heterocycles. The molecular weight excluding hydrogens is 472 g/mol. The third-order valence-electron chi connectivity index (χ3n) is 5.79. The summed E-state index contributed by atoms with van der Waals surface area (Å²) in [5.41, 5.74) is 0.438. The molecule has 1 saturated heterocycles. The van der Waals surface area contributed by atoms with Crippen LogP contribution < -0.4 is 9.46 Å². The fourth-order valence-corrected chi connectivity index (χ4v) is 5.29. The molecule has 1 amide bonds. The van der Waals surface area contributed by atoms with E-state index < -0.39 is 28.2 Å². The minimum atomic E-state index is -3.88. The van der Waals surface area contributed by atoms with Crippen molar-refractivity contribution < 1.29 is 32.6 Å². The number of ether oxygens (including phenoxy) is 2. The van der Waals surface area contributed by atoms with Gasteiger partial charge in [-0.05, 0) is 55.3 Å². The number of aliphatic carboxylic acids is 1. The first-order valence-corrected chi connectivity index (χ1v) is 12.2. The number of benzene rings is 2. The van der Waals surface area contributed by atoms with Gasteiger partial charge in [0.15, 0.2) is 0 Å². The lowest BCUT2D eigenvalue weighted by molar-refractivity contribution is -0.148. The number of amides is 1. The highest BCUT2D eigenvalue weighted by Gasteiger charge is 2.39. The van der Waals surface area contributed by atoms with Gasteiger partial charge in [0.25, 0.3) is 15.9 Å². The number of hydrogen-bond donors (Lipinski definition) is 2. The zero-order valence-electron chi connectivity index (χ0n) is 17.7. The maximum absolute atomic E-state index is 13.2. The summed E-state index contributed by atoms with van der Waals surface area (Å²) in [4.78, 5) is 25.9. The fourth-order valence-electron chi connectivity index (χ4n) is 4.11. The lowest BCUT2D eigenvalue weighted by Gasteiger charge is -2.42. The molecule has 0 aliphatic carbocycles. The first-order chi connectivity index (χ1) is 15.6. The van der Waals surface area contributed by atoms with E-state index in [9.17, 15) is 18.0 Å². The van der Waals surface area contributed by atoms with E-state index in [1.807, 2.05) is 0 Å². The van der Waals surface area contributed by atoms with Gasteiger partial charge < -0.3 is 19.5 Å². The summed E-state index contributed by atoms with van der Waals surface area (Å²) in [6, 6.07) is 9.93. The van der Waals surface area contributed by atoms with Crippen LogP contribution in [0.15, 0.2) is 47.4 Å². The topological polar surface area (TPSA) is 122 Å². The molecule has 2 aromatic carbocycles. The van der Waals surface area contributed by atoms with Crippen LogP contribution in [0.2, 0.25) is 5.02 Å². The van der Waals surface area contributed by atoms with Gasteiger partial charge in [-0.1, -0.05) is 11.6 Å². The number of likely N-dealkylation sites (N-methyl/N-ethyl adjacent to an activating group) is 1. The van der Waals surface area contributed by atoms with Gasteiger partial charge in [0.2, 0.25) is 0 Å². The Kier molecular flexibility index (Phi) is 6.51. The summed E-state index contributed by atoms with van der Waals surface area (Å²) in [5, 5.41) is 9.46. The fraction of sp³-hybridized carbons (Fsp3) is 0.364. The van der Waals surface area contributed by atoms with Crippen molar-refractivity contribution in [3.05, 3.63) is 53.1 Å². The first kappa shape index (κ1) is 23.3. The van der Waals surface area contributed by atoms with Gasteiger partial charge in [-0.2, -0.15) is 0 Å². The molecule has 2 aliphatic rings. The minimum absolute atomic E-state index is 0.0384. The van der Waals surface area contributed by atoms with Crippen molar-refractivity contribution in [2.75, 3.05) is 18.4 Å². The summed E-state index contributed by atoms with van der Waals surface area (Å²) in [6.45, 7) is 0.140. The van der Waals surface area contributed by atoms with Crippen LogP contribution in [0.3, 0.4) is 0 Å². The van der Waals surface area contributed by atoms with Gasteiger partial charge in [-0.3, -0.25) is 14.3 Å². The number of carbonyl (C=O) groups is 2. The van der Waals surface area contributed by atoms with Crippen LogP contribution in [-0.4, -0.2) is 62.2 Å². The summed E-state index contributed by atoms with van der Waals surface area (Å²) in [6.07, 6.45) is 0.0903. The van der Waals surface area contributed by atoms with Crippen molar-refractivity contribution in [1.29, 1.82) is 0 Å². The number of rotatable bonds is 5. The monoisotopic (exact) mass is 494 g/mol. The zero-order chi connectivity index (χ0) is 23.8. The van der Waals surface area contributed by atoms with Gasteiger partial charge >= 0.3 is 5.97 Å². The normalized spacial score (nSPS) is 22.9. The molecule has 33 heavy (non-hydrogen) atoms. The maximum Gasteiger partial charge on any atom is 0.305 e. The molecule has 11 heteroatoms. The van der Waals surface area contributed by atoms with E-state index in [2.05, 4.69) is 4.72 Å². The number of sulfonamides is 1. The Morgan fingerprint density at radius 3 is 2.64 bits per heavy atom. The van der Waals surface area contributed by atoms with Gasteiger partial charge in [-0.15, -0.1) is 0 Å². The van der Waals surface area contributed by atoms with Gasteiger partial charge in [-0.25, -0.2) is 8.42 Å². The molecular formula is C22H23ClN2O7S. The van der Waals surface area contributed by atoms with Crippen molar-refractivity contribution in [2.45, 2.75) is 42.4 Å². The Labute approximate surface area is 196 Å². The zero-order valence-corrected chi connectivity index (χ0v) is 19.3. The van der Waals surface area contributed by atoms with Crippen molar-refractivity contribution in [3.8, 4) is 5.75 Å². The molecule has 4 rings (SSSR count). The van der Waals surface area contributed by atoms with E-state index >= 15 is 0 Å². The molecule has 0 radical (unpaired) electrons. The summed E-state index contributed by atoms with van der Waals surface area (Å²) in [7, 11) is -2.23. The van der Waals surface area contributed by atoms with E-state index in [-0.39, 0.29) is 41.1 Å². The molecule has 9 nitrogen and oxygen atoms in total. The first-order valence-electron chi connectivity index (χ1n) is 10.3. The molecule has 2 aromatic rings. The van der Waals surface area contributed by atoms with Crippen LogP contribution in [0.25, 0.3) is 0 Å². The number of halogens is 1. The number of nitrogens with zero attached hydrogens (tertiary/aromatic N) is 1. The van der Waals surface area contributed by atoms with Crippen LogP contribution >= 0.6 is 11.6 Å². The van der Waals surface area contributed by atoms with Gasteiger partial charge in [0.1, 0.15) is 18.5 Å². The highest BCUT2D eigenvalue weighted by Crippen LogP contribution is 2.33. The number of nitrogens with one attached hydrogen (secondary N) is 1. The van der Waals surface area contributed by atoms with Crippen LogP contribution in [0.4, 0.5) is 5.69 Å². The van der Waals surface area contributed by atoms with Crippen molar-refractivity contribution >= 4 is 39.2 Å². The third-order valence-corrected chi connectivity index (χ3v) is 7.44. The Balaban J connectivity index is 1.57. The molecule has 176 valence electrons. The lowest BCUT2D eigenvalue weighted by atomic mass is 9.95. The van der Waals surface area contributed by atoms with E-state index in [0.717, 1.165) is 0 Å². The average molecular weight is 495 g/mol. The number of anilines is 1. The molecule has 1 fully saturated rings. The smallest absolute Gasteiger partial charge is 0.305 e. The molecule has 2 N–H and O–H groups in total. The van der Waals surface area contributed by atoms with E-state index in [1.54, 1.807) is 11.9 Å². The Morgan fingerprint density at radius 1 is 1.21 bits per heavy atom. The third kappa shape index (κ3) is 5.07. The van der Waals surface area contributed by atoms with Crippen molar-refractivity contribution in [1.82, 2.24) is 4.90 Å². The predicted molar refractivity (Wildman–Crippen MR) is 120 cm³/mol. The Hall–Kier alpha value is -2.82. The maximum atomic E-state index is 13.2. The van der Waals surface area contributed by atoms with Gasteiger partial charge in [0.05, 0.1) is 29.0 Å². The number of hydrogen-bond acceptors (Lipinski definition) is 6. The number of fused-ring (bicyclic) bond motifs is 2. The highest BCUT2D eigenvalue weighted by molar-refractivity contribution is 7.92. The Morgan fingerprint density at radius 2 is 1.94 bits per heavy atom. The number of carbonyl (C=O) groups excluding carboxylic acids is 1. The molecule has 2 heterocycles. The standard InChI is InChI=1S/C22H23ClN2O7S/c1-25-18-8-5-15(11-21(26)27)32-20(18)12-31-19-9-4-14(10-17(19)22(25)28)24-33(29,30)16-6-2-13(23)3-7-16/h2-4,6-7,9-10,15,18,20,24H,5,8,11-12H2,1H3,(H,26,27)/t15-,18+,20+/m1/s1. The molecule has 0 unspecified atom stereocenters. The second-order valence-corrected chi connectivity index (χ2v) is 10.2. The van der Waals surface area contributed by atoms with E-state index in [0.29, 0.717) is 23.6 Å². The number of carboxylic acids is 1. The van der Waals surface area contributed by atoms with E-state index in [4.69, 9.17) is 26.2 Å².